The zero-order chi connectivity index (χ0) is 29.7. The number of ether oxygens (including phenoxy) is 4. The van der Waals surface area contributed by atoms with Crippen LogP contribution in [0, 0.1) is 37.5 Å². The zero-order valence-electron chi connectivity index (χ0n) is 27.1. The maximum atomic E-state index is 6.34. The Kier molecular flexibility index (Phi) is 14.5. The molecular weight excluding hydrogens is 496 g/mol. The lowest BCUT2D eigenvalue weighted by Crippen LogP contribution is -2.10. The van der Waals surface area contributed by atoms with Crippen molar-refractivity contribution in [2.24, 2.45) is 23.7 Å². The summed E-state index contributed by atoms with van der Waals surface area (Å²) in [5.74, 6) is 5.57. The predicted molar refractivity (Wildman–Crippen MR) is 171 cm³/mol. The largest absolute Gasteiger partial charge is 0.493 e. The highest BCUT2D eigenvalue weighted by atomic mass is 16.5. The second kappa shape index (κ2) is 17.3. The van der Waals surface area contributed by atoms with E-state index in [1.807, 2.05) is 0 Å². The van der Waals surface area contributed by atoms with E-state index in [1.54, 1.807) is 0 Å². The predicted octanol–water partition coefficient (Wildman–Crippen LogP) is 10.2. The summed E-state index contributed by atoms with van der Waals surface area (Å²) in [6, 6.07) is 8.47. The first-order valence-corrected chi connectivity index (χ1v) is 15.6. The molecule has 0 bridgehead atoms. The fourth-order valence-electron chi connectivity index (χ4n) is 3.76. The lowest BCUT2D eigenvalue weighted by Gasteiger charge is -2.19. The molecule has 0 unspecified atom stereocenters. The van der Waals surface area contributed by atoms with Gasteiger partial charge in [0.1, 0.15) is 23.0 Å². The molecule has 2 aromatic carbocycles. The molecule has 0 aliphatic rings. The summed E-state index contributed by atoms with van der Waals surface area (Å²) in [6.45, 7) is 24.7. The van der Waals surface area contributed by atoms with Gasteiger partial charge in [0.05, 0.1) is 26.4 Å². The maximum Gasteiger partial charge on any atom is 0.127 e. The first-order valence-electron chi connectivity index (χ1n) is 15.6. The highest BCUT2D eigenvalue weighted by Gasteiger charge is 2.14. The molecule has 0 saturated carbocycles. The monoisotopic (exact) mass is 552 g/mol. The van der Waals surface area contributed by atoms with E-state index in [1.165, 1.54) is 0 Å². The number of benzene rings is 2. The van der Waals surface area contributed by atoms with Crippen LogP contribution in [-0.4, -0.2) is 26.4 Å². The number of hydrogen-bond donors (Lipinski definition) is 0. The Morgan fingerprint density at radius 1 is 0.475 bits per heavy atom. The van der Waals surface area contributed by atoms with Gasteiger partial charge in [-0.25, -0.2) is 0 Å². The van der Waals surface area contributed by atoms with Gasteiger partial charge in [-0.15, -0.1) is 0 Å². The van der Waals surface area contributed by atoms with Crippen LogP contribution in [0.2, 0.25) is 0 Å². The Labute approximate surface area is 245 Å². The molecule has 2 aromatic rings. The fourth-order valence-corrected chi connectivity index (χ4v) is 3.76. The van der Waals surface area contributed by atoms with E-state index in [2.05, 4.69) is 106 Å². The van der Waals surface area contributed by atoms with E-state index in [0.29, 0.717) is 50.1 Å². The molecular formula is C36H56O4. The molecule has 0 spiro atoms. The van der Waals surface area contributed by atoms with Crippen LogP contribution in [0.1, 0.15) is 103 Å². The molecule has 0 aromatic heterocycles. The van der Waals surface area contributed by atoms with Crippen LogP contribution in [0.3, 0.4) is 0 Å². The van der Waals surface area contributed by atoms with Crippen molar-refractivity contribution in [3.8, 4) is 23.0 Å². The van der Waals surface area contributed by atoms with Crippen LogP contribution in [0.25, 0.3) is 12.2 Å². The molecule has 0 N–H and O–H groups in total. The lowest BCUT2D eigenvalue weighted by atomic mass is 10.0. The third kappa shape index (κ3) is 10.7. The fraction of sp³-hybridized carbons (Fsp3) is 0.611. The first kappa shape index (κ1) is 33.6. The van der Waals surface area contributed by atoms with E-state index in [4.69, 9.17) is 18.9 Å². The Balaban J connectivity index is 2.49. The zero-order valence-corrected chi connectivity index (χ0v) is 27.1. The molecule has 4 heteroatoms. The highest BCUT2D eigenvalue weighted by Crippen LogP contribution is 2.34. The minimum Gasteiger partial charge on any atom is -0.493 e. The number of aryl methyl sites for hydroxylation is 2. The first-order chi connectivity index (χ1) is 19.1. The summed E-state index contributed by atoms with van der Waals surface area (Å²) >= 11 is 0. The maximum absolute atomic E-state index is 6.34. The van der Waals surface area contributed by atoms with Gasteiger partial charge in [0.25, 0.3) is 0 Å². The second-order valence-electron chi connectivity index (χ2n) is 11.9. The molecule has 0 aliphatic carbocycles. The van der Waals surface area contributed by atoms with Gasteiger partial charge in [-0.2, -0.15) is 0 Å². The quantitative estimate of drug-likeness (QED) is 0.172. The van der Waals surface area contributed by atoms with Gasteiger partial charge in [0.2, 0.25) is 0 Å². The summed E-state index contributed by atoms with van der Waals surface area (Å²) in [7, 11) is 0. The topological polar surface area (TPSA) is 36.9 Å². The van der Waals surface area contributed by atoms with Crippen molar-refractivity contribution >= 4 is 12.2 Å². The van der Waals surface area contributed by atoms with E-state index in [-0.39, 0.29) is 0 Å². The molecule has 4 atom stereocenters. The molecule has 40 heavy (non-hydrogen) atoms. The molecule has 0 fully saturated rings. The summed E-state index contributed by atoms with van der Waals surface area (Å²) < 4.78 is 25.2. The van der Waals surface area contributed by atoms with Gasteiger partial charge in [0.15, 0.2) is 0 Å². The van der Waals surface area contributed by atoms with Gasteiger partial charge in [-0.1, -0.05) is 93.2 Å². The van der Waals surface area contributed by atoms with Crippen molar-refractivity contribution in [1.82, 2.24) is 0 Å². The lowest BCUT2D eigenvalue weighted by molar-refractivity contribution is 0.248. The van der Waals surface area contributed by atoms with Gasteiger partial charge < -0.3 is 18.9 Å². The van der Waals surface area contributed by atoms with Crippen LogP contribution in [-0.2, 0) is 0 Å². The van der Waals surface area contributed by atoms with Crippen LogP contribution in [0.5, 0.6) is 23.0 Å². The third-order valence-corrected chi connectivity index (χ3v) is 7.94. The van der Waals surface area contributed by atoms with E-state index >= 15 is 0 Å². The number of hydrogen-bond acceptors (Lipinski definition) is 4. The average molecular weight is 553 g/mol. The Morgan fingerprint density at radius 3 is 1.02 bits per heavy atom. The van der Waals surface area contributed by atoms with Gasteiger partial charge in [0, 0.05) is 11.1 Å². The summed E-state index contributed by atoms with van der Waals surface area (Å²) in [4.78, 5) is 0. The van der Waals surface area contributed by atoms with Crippen LogP contribution >= 0.6 is 0 Å². The molecule has 0 aliphatic heterocycles. The third-order valence-electron chi connectivity index (χ3n) is 7.94. The molecule has 4 nitrogen and oxygen atoms in total. The van der Waals surface area contributed by atoms with Crippen LogP contribution in [0.4, 0.5) is 0 Å². The van der Waals surface area contributed by atoms with Crippen molar-refractivity contribution in [1.29, 1.82) is 0 Å². The van der Waals surface area contributed by atoms with Crippen LogP contribution in [0.15, 0.2) is 24.3 Å². The van der Waals surface area contributed by atoms with Crippen molar-refractivity contribution in [2.45, 2.75) is 94.9 Å². The number of rotatable bonds is 18. The standard InChI is InChI=1S/C36H56O4/c1-11-25(5)21-37-33-19-31(35(17-29(33)9)39-23-27(7)13-3)15-16-32-20-34(38-22-26(6)12-2)30(10)18-36(32)40-24-28(8)14-4/h15-20,25-28H,11-14,21-24H2,1-10H3/b16-15+/t25-,26-,27-,28-/m0/s1. The molecule has 0 radical (unpaired) electrons. The molecule has 0 saturated heterocycles. The highest BCUT2D eigenvalue weighted by molar-refractivity contribution is 5.77. The minimum atomic E-state index is 0.487. The Hall–Kier alpha value is -2.62. The summed E-state index contributed by atoms with van der Waals surface area (Å²) in [5.41, 5.74) is 4.19. The van der Waals surface area contributed by atoms with E-state index in [0.717, 1.165) is 70.9 Å². The van der Waals surface area contributed by atoms with Gasteiger partial charge >= 0.3 is 0 Å². The smallest absolute Gasteiger partial charge is 0.127 e. The summed E-state index contributed by atoms with van der Waals surface area (Å²) in [5, 5.41) is 0. The molecule has 0 amide bonds. The SMILES string of the molecule is CC[C@H](C)COc1cc(/C=C/c2cc(OC[C@@H](C)CC)c(C)cc2OC[C@@H](C)CC)c(OC[C@@H](C)CC)cc1C. The Morgan fingerprint density at radius 2 is 0.750 bits per heavy atom. The van der Waals surface area contributed by atoms with Gasteiger partial charge in [-0.05, 0) is 72.9 Å². The van der Waals surface area contributed by atoms with Crippen molar-refractivity contribution in [2.75, 3.05) is 26.4 Å². The van der Waals surface area contributed by atoms with Crippen molar-refractivity contribution in [3.63, 3.8) is 0 Å². The van der Waals surface area contributed by atoms with E-state index in [9.17, 15) is 0 Å². The van der Waals surface area contributed by atoms with E-state index < -0.39 is 0 Å². The molecule has 224 valence electrons. The summed E-state index contributed by atoms with van der Waals surface area (Å²) in [6.07, 6.45) is 8.60. The molecule has 2 rings (SSSR count). The average Bonchev–Trinajstić information content (AvgIpc) is 2.96. The van der Waals surface area contributed by atoms with Crippen LogP contribution < -0.4 is 18.9 Å². The second-order valence-corrected chi connectivity index (χ2v) is 11.9. The normalized spacial score (nSPS) is 14.6. The van der Waals surface area contributed by atoms with Crippen molar-refractivity contribution in [3.05, 3.63) is 46.5 Å². The minimum absolute atomic E-state index is 0.487. The van der Waals surface area contributed by atoms with Gasteiger partial charge in [-0.3, -0.25) is 0 Å². The van der Waals surface area contributed by atoms with Crippen molar-refractivity contribution < 1.29 is 18.9 Å². The Bertz CT molecular complexity index is 974. The molecule has 0 heterocycles.